The number of thioether (sulfide) groups is 1. The predicted molar refractivity (Wildman–Crippen MR) is 112 cm³/mol. The molecule has 35 heavy (non-hydrogen) atoms. The number of aromatic hydroxyl groups is 1. The standard InChI is InChI=1S/C22H18F5NO6S/c23-21(24,25)22(26,27)35-6-10-8-2-1-3-11(29)14(8)19(33)15-9(10)4-7-5-12(30)16(20(28)34)18(32)13(7)17(15)31/h1-3,7,9-10,13,29-31H,4-6H2,(H2,28,34)/t7?,9?,10-,13?/m0/s1. The Morgan fingerprint density at radius 2 is 1.77 bits per heavy atom. The van der Waals surface area contributed by atoms with Crippen molar-refractivity contribution >= 4 is 29.2 Å². The highest BCUT2D eigenvalue weighted by Crippen LogP contribution is 2.55. The number of primary amides is 1. The first-order valence-corrected chi connectivity index (χ1v) is 11.3. The fourth-order valence-electron chi connectivity index (χ4n) is 5.21. The third-order valence-corrected chi connectivity index (χ3v) is 7.81. The highest BCUT2D eigenvalue weighted by molar-refractivity contribution is 8.00. The fourth-order valence-corrected chi connectivity index (χ4v) is 6.17. The number of allylic oxidation sites excluding steroid dienone is 3. The van der Waals surface area contributed by atoms with E-state index >= 15 is 0 Å². The Morgan fingerprint density at radius 1 is 1.11 bits per heavy atom. The van der Waals surface area contributed by atoms with Crippen molar-refractivity contribution in [3.8, 4) is 5.75 Å². The van der Waals surface area contributed by atoms with Crippen molar-refractivity contribution in [1.29, 1.82) is 0 Å². The van der Waals surface area contributed by atoms with Crippen LogP contribution in [0.25, 0.3) is 0 Å². The van der Waals surface area contributed by atoms with E-state index in [1.54, 1.807) is 0 Å². The highest BCUT2D eigenvalue weighted by atomic mass is 32.2. The lowest BCUT2D eigenvalue weighted by molar-refractivity contribution is -0.237. The van der Waals surface area contributed by atoms with E-state index in [0.717, 1.165) is 6.07 Å². The molecular formula is C22H18F5NO6S. The number of aliphatic hydroxyl groups is 2. The van der Waals surface area contributed by atoms with Gasteiger partial charge in [-0.15, -0.1) is 0 Å². The lowest BCUT2D eigenvalue weighted by atomic mass is 9.60. The average molecular weight is 519 g/mol. The topological polar surface area (TPSA) is 138 Å². The molecule has 0 fully saturated rings. The van der Waals surface area contributed by atoms with Crippen LogP contribution < -0.4 is 5.73 Å². The molecule has 4 rings (SSSR count). The van der Waals surface area contributed by atoms with Crippen molar-refractivity contribution < 1.29 is 51.7 Å². The van der Waals surface area contributed by atoms with E-state index in [4.69, 9.17) is 5.73 Å². The van der Waals surface area contributed by atoms with Crippen LogP contribution in [0.3, 0.4) is 0 Å². The van der Waals surface area contributed by atoms with Crippen LogP contribution in [0.4, 0.5) is 22.0 Å². The van der Waals surface area contributed by atoms with Gasteiger partial charge in [-0.05, 0) is 29.9 Å². The Balaban J connectivity index is 1.83. The molecule has 1 aromatic rings. The molecule has 4 atom stereocenters. The molecule has 0 bridgehead atoms. The van der Waals surface area contributed by atoms with Gasteiger partial charge in [-0.3, -0.25) is 14.4 Å². The molecule has 1 aromatic carbocycles. The zero-order chi connectivity index (χ0) is 26.0. The number of rotatable bonds is 4. The van der Waals surface area contributed by atoms with Gasteiger partial charge in [0, 0.05) is 23.7 Å². The molecule has 3 aliphatic carbocycles. The van der Waals surface area contributed by atoms with Crippen LogP contribution in [-0.4, -0.2) is 50.0 Å². The van der Waals surface area contributed by atoms with Gasteiger partial charge in [0.1, 0.15) is 22.8 Å². The number of alkyl halides is 5. The van der Waals surface area contributed by atoms with Gasteiger partial charge < -0.3 is 21.1 Å². The number of carbonyl (C=O) groups excluding carboxylic acids is 3. The number of phenols is 1. The minimum atomic E-state index is -5.83. The molecule has 0 saturated heterocycles. The molecule has 0 spiro atoms. The molecule has 5 N–H and O–H groups in total. The quantitative estimate of drug-likeness (QED) is 0.350. The maximum absolute atomic E-state index is 13.7. The van der Waals surface area contributed by atoms with Gasteiger partial charge >= 0.3 is 11.4 Å². The van der Waals surface area contributed by atoms with E-state index in [1.165, 1.54) is 12.1 Å². The van der Waals surface area contributed by atoms with Crippen LogP contribution in [0.15, 0.2) is 40.9 Å². The fraction of sp³-hybridized carbons (Fsp3) is 0.409. The lowest BCUT2D eigenvalue weighted by Gasteiger charge is -2.44. The molecule has 0 saturated carbocycles. The molecule has 7 nitrogen and oxygen atoms in total. The second-order valence-corrected chi connectivity index (χ2v) is 9.77. The minimum Gasteiger partial charge on any atom is -0.511 e. The molecule has 0 heterocycles. The summed E-state index contributed by atoms with van der Waals surface area (Å²) >= 11 is -0.688. The highest BCUT2D eigenvalue weighted by Gasteiger charge is 2.59. The molecule has 1 amide bonds. The van der Waals surface area contributed by atoms with E-state index < -0.39 is 98.5 Å². The molecule has 13 heteroatoms. The van der Waals surface area contributed by atoms with Gasteiger partial charge in [-0.1, -0.05) is 23.9 Å². The van der Waals surface area contributed by atoms with Gasteiger partial charge in [0.05, 0.1) is 11.5 Å². The number of hydrogen-bond donors (Lipinski definition) is 4. The van der Waals surface area contributed by atoms with E-state index in [9.17, 15) is 51.7 Å². The SMILES string of the molecule is NC(=O)C1=C(O)CC2CC3C(=C(O)C2C1=O)C(=O)c1c(O)cccc1[C@@H]3CSC(F)(F)C(F)(F)F. The van der Waals surface area contributed by atoms with Crippen molar-refractivity contribution in [2.45, 2.75) is 30.2 Å². The number of carbonyl (C=O) groups is 3. The van der Waals surface area contributed by atoms with Gasteiger partial charge in [0.2, 0.25) is 0 Å². The largest absolute Gasteiger partial charge is 0.511 e. The van der Waals surface area contributed by atoms with Crippen molar-refractivity contribution in [2.75, 3.05) is 5.75 Å². The Kier molecular flexibility index (Phi) is 5.89. The number of benzene rings is 1. The number of fused-ring (bicyclic) bond motifs is 3. The Bertz CT molecular complexity index is 1210. The molecule has 0 aromatic heterocycles. The molecule has 188 valence electrons. The number of phenolic OH excluding ortho intramolecular Hbond substituents is 1. The van der Waals surface area contributed by atoms with E-state index in [2.05, 4.69) is 0 Å². The zero-order valence-electron chi connectivity index (χ0n) is 17.6. The number of ketones is 2. The lowest BCUT2D eigenvalue weighted by Crippen LogP contribution is -2.45. The predicted octanol–water partition coefficient (Wildman–Crippen LogP) is 3.90. The molecule has 3 aliphatic rings. The van der Waals surface area contributed by atoms with Gasteiger partial charge in [-0.25, -0.2) is 0 Å². The third kappa shape index (κ3) is 3.85. The summed E-state index contributed by atoms with van der Waals surface area (Å²) in [6, 6.07) is 3.74. The summed E-state index contributed by atoms with van der Waals surface area (Å²) in [6.07, 6.45) is -6.28. The van der Waals surface area contributed by atoms with E-state index in [0.29, 0.717) is 0 Å². The van der Waals surface area contributed by atoms with Crippen molar-refractivity contribution in [2.24, 2.45) is 23.5 Å². The van der Waals surface area contributed by atoms with Crippen LogP contribution in [-0.2, 0) is 9.59 Å². The Labute approximate surface area is 198 Å². The summed E-state index contributed by atoms with van der Waals surface area (Å²) in [6.45, 7) is 0. The average Bonchev–Trinajstić information content (AvgIpc) is 2.71. The summed E-state index contributed by atoms with van der Waals surface area (Å²) in [7, 11) is 0. The molecule has 3 unspecified atom stereocenters. The first-order valence-electron chi connectivity index (χ1n) is 10.3. The van der Waals surface area contributed by atoms with E-state index in [-0.39, 0.29) is 24.0 Å². The second kappa shape index (κ2) is 8.25. The van der Waals surface area contributed by atoms with Gasteiger partial charge in [0.25, 0.3) is 5.91 Å². The number of nitrogens with two attached hydrogens (primary N) is 1. The Hall–Kier alpha value is -3.09. The number of halogens is 5. The normalized spacial score (nSPS) is 26.9. The van der Waals surface area contributed by atoms with Crippen LogP contribution >= 0.6 is 11.8 Å². The van der Waals surface area contributed by atoms with Gasteiger partial charge in [0.15, 0.2) is 11.6 Å². The van der Waals surface area contributed by atoms with Crippen molar-refractivity contribution in [3.63, 3.8) is 0 Å². The van der Waals surface area contributed by atoms with Crippen LogP contribution in [0, 0.1) is 17.8 Å². The zero-order valence-corrected chi connectivity index (χ0v) is 18.4. The summed E-state index contributed by atoms with van der Waals surface area (Å²) < 4.78 is 65.9. The first kappa shape index (κ1) is 25.0. The van der Waals surface area contributed by atoms with Crippen molar-refractivity contribution in [1.82, 2.24) is 0 Å². The summed E-state index contributed by atoms with van der Waals surface area (Å²) in [5.41, 5.74) is 3.67. The number of Topliss-reactive ketones (excluding diaryl/α,β-unsaturated/α-hetero) is 2. The molecule has 0 radical (unpaired) electrons. The smallest absolute Gasteiger partial charge is 0.464 e. The Morgan fingerprint density at radius 3 is 2.37 bits per heavy atom. The maximum atomic E-state index is 13.7. The van der Waals surface area contributed by atoms with Crippen molar-refractivity contribution in [3.05, 3.63) is 52.0 Å². The summed E-state index contributed by atoms with van der Waals surface area (Å²) in [5.74, 6) is -10.6. The number of hydrogen-bond acceptors (Lipinski definition) is 7. The number of aliphatic hydroxyl groups excluding tert-OH is 2. The molecular weight excluding hydrogens is 501 g/mol. The maximum Gasteiger partial charge on any atom is 0.464 e. The van der Waals surface area contributed by atoms with Crippen LogP contribution in [0.5, 0.6) is 5.75 Å². The summed E-state index contributed by atoms with van der Waals surface area (Å²) in [4.78, 5) is 37.8. The summed E-state index contributed by atoms with van der Waals surface area (Å²) in [5, 5.41) is 26.3. The third-order valence-electron chi connectivity index (χ3n) is 6.69. The number of amides is 1. The second-order valence-electron chi connectivity index (χ2n) is 8.64. The van der Waals surface area contributed by atoms with Gasteiger partial charge in [-0.2, -0.15) is 22.0 Å². The van der Waals surface area contributed by atoms with E-state index in [1.807, 2.05) is 0 Å². The van der Waals surface area contributed by atoms with Crippen LogP contribution in [0.2, 0.25) is 0 Å². The van der Waals surface area contributed by atoms with Crippen LogP contribution in [0.1, 0.15) is 34.7 Å². The molecule has 0 aliphatic heterocycles. The monoisotopic (exact) mass is 519 g/mol. The minimum absolute atomic E-state index is 0.0280. The first-order chi connectivity index (χ1) is 16.2.